The molecule has 0 aliphatic rings. The lowest BCUT2D eigenvalue weighted by Crippen LogP contribution is -2.27. The number of hydrogen-bond donors (Lipinski definition) is 2. The maximum absolute atomic E-state index is 12.1. The Morgan fingerprint density at radius 3 is 2.50 bits per heavy atom. The maximum Gasteiger partial charge on any atom is 0.240 e. The van der Waals surface area contributed by atoms with Crippen LogP contribution in [0.5, 0.6) is 0 Å². The Bertz CT molecular complexity index is 808. The van der Waals surface area contributed by atoms with E-state index in [-0.39, 0.29) is 23.8 Å². The molecule has 24 heavy (non-hydrogen) atoms. The zero-order chi connectivity index (χ0) is 17.6. The van der Waals surface area contributed by atoms with E-state index in [1.165, 1.54) is 12.1 Å². The van der Waals surface area contributed by atoms with E-state index in [9.17, 15) is 13.2 Å². The van der Waals surface area contributed by atoms with Gasteiger partial charge in [0.2, 0.25) is 15.9 Å². The van der Waals surface area contributed by atoms with E-state index in [0.29, 0.717) is 10.7 Å². The summed E-state index contributed by atoms with van der Waals surface area (Å²) in [5, 5.41) is 3.06. The van der Waals surface area contributed by atoms with Gasteiger partial charge in [0.1, 0.15) is 0 Å². The second-order valence-corrected chi connectivity index (χ2v) is 7.96. The van der Waals surface area contributed by atoms with Gasteiger partial charge in [0.15, 0.2) is 0 Å². The van der Waals surface area contributed by atoms with Gasteiger partial charge in [-0.05, 0) is 48.7 Å². The lowest BCUT2D eigenvalue weighted by Gasteiger charge is -2.08. The minimum Gasteiger partial charge on any atom is -0.326 e. The zero-order valence-electron chi connectivity index (χ0n) is 13.0. The predicted molar refractivity (Wildman–Crippen MR) is 98.1 cm³/mol. The lowest BCUT2D eigenvalue weighted by molar-refractivity contribution is -0.116. The van der Waals surface area contributed by atoms with E-state index in [1.807, 2.05) is 18.4 Å². The molecule has 5 nitrogen and oxygen atoms in total. The number of benzene rings is 2. The Morgan fingerprint density at radius 1 is 1.17 bits per heavy atom. The number of anilines is 1. The van der Waals surface area contributed by atoms with Crippen molar-refractivity contribution in [3.63, 3.8) is 0 Å². The summed E-state index contributed by atoms with van der Waals surface area (Å²) in [4.78, 5) is 13.0. The monoisotopic (exact) mass is 384 g/mol. The summed E-state index contributed by atoms with van der Waals surface area (Å²) in [5.41, 5.74) is 0.676. The molecule has 0 aliphatic heterocycles. The number of rotatable bonds is 7. The van der Waals surface area contributed by atoms with E-state index in [4.69, 9.17) is 11.6 Å². The summed E-state index contributed by atoms with van der Waals surface area (Å²) in [6.07, 6.45) is 2.00. The predicted octanol–water partition coefficient (Wildman–Crippen LogP) is 3.37. The molecule has 2 aromatic rings. The number of hydrogen-bond acceptors (Lipinski definition) is 4. The van der Waals surface area contributed by atoms with Gasteiger partial charge in [0.05, 0.1) is 4.90 Å². The van der Waals surface area contributed by atoms with Crippen molar-refractivity contribution in [1.82, 2.24) is 4.72 Å². The van der Waals surface area contributed by atoms with Crippen molar-refractivity contribution in [3.8, 4) is 0 Å². The van der Waals surface area contributed by atoms with Crippen molar-refractivity contribution in [2.45, 2.75) is 16.2 Å². The molecular weight excluding hydrogens is 368 g/mol. The third-order valence-electron chi connectivity index (χ3n) is 3.12. The lowest BCUT2D eigenvalue weighted by atomic mass is 10.3. The van der Waals surface area contributed by atoms with Crippen LogP contribution in [0.25, 0.3) is 0 Å². The highest BCUT2D eigenvalue weighted by molar-refractivity contribution is 7.98. The number of nitrogens with one attached hydrogen (secondary N) is 2. The molecule has 2 aromatic carbocycles. The van der Waals surface area contributed by atoms with Crippen LogP contribution in [-0.4, -0.2) is 27.1 Å². The maximum atomic E-state index is 12.1. The fourth-order valence-electron chi connectivity index (χ4n) is 1.91. The minimum absolute atomic E-state index is 0.00355. The molecule has 0 aliphatic carbocycles. The summed E-state index contributed by atoms with van der Waals surface area (Å²) in [7, 11) is -3.68. The fraction of sp³-hybridized carbons (Fsp3) is 0.188. The molecule has 0 spiro atoms. The van der Waals surface area contributed by atoms with Gasteiger partial charge < -0.3 is 5.32 Å². The van der Waals surface area contributed by atoms with Gasteiger partial charge in [0.25, 0.3) is 0 Å². The summed E-state index contributed by atoms with van der Waals surface area (Å²) in [6.45, 7) is 0.00355. The quantitative estimate of drug-likeness (QED) is 0.717. The molecule has 2 rings (SSSR count). The Morgan fingerprint density at radius 2 is 1.88 bits per heavy atom. The first-order valence-electron chi connectivity index (χ1n) is 7.10. The van der Waals surface area contributed by atoms with Gasteiger partial charge in [-0.25, -0.2) is 13.1 Å². The fourth-order valence-corrected chi connectivity index (χ4v) is 3.65. The molecule has 0 saturated carbocycles. The smallest absolute Gasteiger partial charge is 0.240 e. The summed E-state index contributed by atoms with van der Waals surface area (Å²) < 4.78 is 26.6. The van der Waals surface area contributed by atoms with Gasteiger partial charge in [0, 0.05) is 28.6 Å². The van der Waals surface area contributed by atoms with Crippen LogP contribution in [0.2, 0.25) is 5.02 Å². The summed E-state index contributed by atoms with van der Waals surface area (Å²) >= 11 is 7.40. The van der Waals surface area contributed by atoms with Gasteiger partial charge in [-0.3, -0.25) is 4.79 Å². The molecule has 1 amide bonds. The highest BCUT2D eigenvalue weighted by Crippen LogP contribution is 2.18. The largest absolute Gasteiger partial charge is 0.326 e. The Labute approximate surface area is 150 Å². The first kappa shape index (κ1) is 18.8. The van der Waals surface area contributed by atoms with Crippen molar-refractivity contribution in [3.05, 3.63) is 53.6 Å². The topological polar surface area (TPSA) is 75.3 Å². The average Bonchev–Trinajstić information content (AvgIpc) is 2.55. The molecule has 0 atom stereocenters. The highest BCUT2D eigenvalue weighted by Gasteiger charge is 2.14. The first-order valence-corrected chi connectivity index (χ1v) is 10.2. The van der Waals surface area contributed by atoms with E-state index >= 15 is 0 Å². The van der Waals surface area contributed by atoms with Crippen LogP contribution in [0, 0.1) is 0 Å². The number of carbonyl (C=O) groups excluding carboxylic acids is 1. The van der Waals surface area contributed by atoms with Crippen LogP contribution in [0.1, 0.15) is 6.42 Å². The van der Waals surface area contributed by atoms with Crippen LogP contribution in [0.4, 0.5) is 5.69 Å². The van der Waals surface area contributed by atoms with Crippen molar-refractivity contribution in [1.29, 1.82) is 0 Å². The Kier molecular flexibility index (Phi) is 6.68. The molecule has 0 aromatic heterocycles. The summed E-state index contributed by atoms with van der Waals surface area (Å²) in [6, 6.07) is 13.4. The molecule has 2 N–H and O–H groups in total. The number of carbonyl (C=O) groups is 1. The molecule has 0 fully saturated rings. The molecule has 0 unspecified atom stereocenters. The molecule has 0 saturated heterocycles. The average molecular weight is 385 g/mol. The van der Waals surface area contributed by atoms with Crippen molar-refractivity contribution >= 4 is 45.0 Å². The van der Waals surface area contributed by atoms with Gasteiger partial charge in [-0.1, -0.05) is 17.7 Å². The molecule has 8 heteroatoms. The van der Waals surface area contributed by atoms with Gasteiger partial charge in [-0.15, -0.1) is 11.8 Å². The standard InChI is InChI=1S/C16H17ClN2O3S2/c1-23-14-7-5-13(6-8-14)19-16(20)9-10-18-24(21,22)15-4-2-3-12(17)11-15/h2-8,11,18H,9-10H2,1H3,(H,19,20). The molecule has 128 valence electrons. The van der Waals surface area contributed by atoms with Crippen molar-refractivity contribution < 1.29 is 13.2 Å². The molecule has 0 heterocycles. The zero-order valence-corrected chi connectivity index (χ0v) is 15.3. The first-order chi connectivity index (χ1) is 11.4. The van der Waals surface area contributed by atoms with Crippen molar-refractivity contribution in [2.75, 3.05) is 18.1 Å². The van der Waals surface area contributed by atoms with Gasteiger partial charge >= 0.3 is 0 Å². The molecular formula is C16H17ClN2O3S2. The van der Waals surface area contributed by atoms with Crippen LogP contribution >= 0.6 is 23.4 Å². The number of amides is 1. The van der Waals surface area contributed by atoms with E-state index in [1.54, 1.807) is 36.0 Å². The Balaban J connectivity index is 1.85. The van der Waals surface area contributed by atoms with Crippen LogP contribution in [-0.2, 0) is 14.8 Å². The second-order valence-electron chi connectivity index (χ2n) is 4.88. The SMILES string of the molecule is CSc1ccc(NC(=O)CCNS(=O)(=O)c2cccc(Cl)c2)cc1. The van der Waals surface area contributed by atoms with Crippen LogP contribution in [0.3, 0.4) is 0 Å². The molecule has 0 radical (unpaired) electrons. The third-order valence-corrected chi connectivity index (χ3v) is 5.56. The number of halogens is 1. The third kappa shape index (κ3) is 5.52. The van der Waals surface area contributed by atoms with Gasteiger partial charge in [-0.2, -0.15) is 0 Å². The number of sulfonamides is 1. The normalized spacial score (nSPS) is 11.2. The minimum atomic E-state index is -3.68. The second kappa shape index (κ2) is 8.53. The highest BCUT2D eigenvalue weighted by atomic mass is 35.5. The van der Waals surface area contributed by atoms with E-state index < -0.39 is 10.0 Å². The van der Waals surface area contributed by atoms with Crippen LogP contribution in [0.15, 0.2) is 58.3 Å². The summed E-state index contributed by atoms with van der Waals surface area (Å²) in [5.74, 6) is -0.263. The van der Waals surface area contributed by atoms with Crippen molar-refractivity contribution in [2.24, 2.45) is 0 Å². The Hall–Kier alpha value is -1.54. The van der Waals surface area contributed by atoms with E-state index in [2.05, 4.69) is 10.0 Å². The van der Waals surface area contributed by atoms with E-state index in [0.717, 1.165) is 4.90 Å². The molecule has 0 bridgehead atoms. The van der Waals surface area contributed by atoms with Crippen LogP contribution < -0.4 is 10.0 Å². The number of thioether (sulfide) groups is 1.